The minimum Gasteiger partial charge on any atom is -0.507 e. The highest BCUT2D eigenvalue weighted by Gasteiger charge is 2.37. The van der Waals surface area contributed by atoms with Crippen molar-refractivity contribution in [2.24, 2.45) is 0 Å². The Kier molecular flexibility index (Phi) is 10.6. The molecule has 38 heavy (non-hydrogen) atoms. The average Bonchev–Trinajstić information content (AvgIpc) is 2.84. The third-order valence-corrected chi connectivity index (χ3v) is 10.7. The molecule has 0 radical (unpaired) electrons. The zero-order valence-corrected chi connectivity index (χ0v) is 27.1. The van der Waals surface area contributed by atoms with Gasteiger partial charge < -0.3 is 5.11 Å². The Labute approximate surface area is 236 Å². The molecule has 1 fully saturated rings. The van der Waals surface area contributed by atoms with Gasteiger partial charge >= 0.3 is 0 Å². The first-order valence-corrected chi connectivity index (χ1v) is 16.3. The van der Waals surface area contributed by atoms with Crippen molar-refractivity contribution < 1.29 is 5.11 Å². The van der Waals surface area contributed by atoms with Crippen LogP contribution in [0.15, 0.2) is 30.3 Å². The molecule has 0 spiro atoms. The number of likely N-dealkylation sites (tertiary alicyclic amines) is 1. The van der Waals surface area contributed by atoms with Gasteiger partial charge in [-0.1, -0.05) is 126 Å². The second-order valence-corrected chi connectivity index (χ2v) is 15.7. The van der Waals surface area contributed by atoms with Crippen LogP contribution >= 0.6 is 8.58 Å². The molecule has 0 aromatic heterocycles. The van der Waals surface area contributed by atoms with Crippen molar-refractivity contribution in [2.45, 2.75) is 136 Å². The highest BCUT2D eigenvalue weighted by Crippen LogP contribution is 2.54. The summed E-state index contributed by atoms with van der Waals surface area (Å²) in [4.78, 5) is 2.66. The smallest absolute Gasteiger partial charge is 0.123 e. The van der Waals surface area contributed by atoms with E-state index >= 15 is 0 Å². The number of nitrogens with zero attached hydrogens (tertiary/aromatic N) is 1. The fraction of sp³-hybridized carbons (Fsp3) is 0.657. The SMILES string of the molecule is CCCCCC(CC)(Pc1ccc(C)cc1CN1CCCCC1)c1cc(C(C)(C)C)cc(C(C)(C)C)c1O. The molecule has 2 nitrogen and oxygen atoms in total. The van der Waals surface area contributed by atoms with Gasteiger partial charge in [0.05, 0.1) is 0 Å². The zero-order chi connectivity index (χ0) is 28.1. The molecule has 0 amide bonds. The van der Waals surface area contributed by atoms with Crippen LogP contribution in [0, 0.1) is 6.92 Å². The number of hydrogen-bond donors (Lipinski definition) is 1. The highest BCUT2D eigenvalue weighted by molar-refractivity contribution is 7.48. The van der Waals surface area contributed by atoms with Crippen LogP contribution in [0.1, 0.15) is 135 Å². The van der Waals surface area contributed by atoms with Crippen LogP contribution in [-0.2, 0) is 22.5 Å². The summed E-state index contributed by atoms with van der Waals surface area (Å²) < 4.78 is 0. The fourth-order valence-electron chi connectivity index (χ4n) is 5.99. The minimum atomic E-state index is -0.116. The molecule has 2 aromatic carbocycles. The molecule has 1 aliphatic heterocycles. The lowest BCUT2D eigenvalue weighted by molar-refractivity contribution is 0.221. The van der Waals surface area contributed by atoms with Gasteiger partial charge in [0, 0.05) is 17.3 Å². The number of rotatable bonds is 10. The topological polar surface area (TPSA) is 23.5 Å². The van der Waals surface area contributed by atoms with Crippen LogP contribution in [0.3, 0.4) is 0 Å². The molecule has 1 heterocycles. The summed E-state index contributed by atoms with van der Waals surface area (Å²) in [5, 5.41) is 13.4. The van der Waals surface area contributed by atoms with Crippen molar-refractivity contribution in [1.82, 2.24) is 4.90 Å². The predicted octanol–water partition coefficient (Wildman–Crippen LogP) is 9.47. The van der Waals surface area contributed by atoms with Gasteiger partial charge in [0.25, 0.3) is 0 Å². The first kappa shape index (κ1) is 31.2. The number of hydrogen-bond acceptors (Lipinski definition) is 2. The Bertz CT molecular complexity index is 1050. The van der Waals surface area contributed by atoms with Gasteiger partial charge in [-0.25, -0.2) is 0 Å². The van der Waals surface area contributed by atoms with E-state index in [9.17, 15) is 5.11 Å². The molecule has 1 saturated heterocycles. The summed E-state index contributed by atoms with van der Waals surface area (Å²) in [5.74, 6) is 0.543. The molecule has 2 aromatic rings. The molecule has 1 N–H and O–H groups in total. The quantitative estimate of drug-likeness (QED) is 0.241. The van der Waals surface area contributed by atoms with Crippen LogP contribution in [0.5, 0.6) is 5.75 Å². The largest absolute Gasteiger partial charge is 0.507 e. The summed E-state index contributed by atoms with van der Waals surface area (Å²) >= 11 is 0. The highest BCUT2D eigenvalue weighted by atomic mass is 31.1. The molecule has 0 bridgehead atoms. The van der Waals surface area contributed by atoms with Crippen LogP contribution in [0.2, 0.25) is 0 Å². The van der Waals surface area contributed by atoms with E-state index in [1.165, 1.54) is 79.2 Å². The maximum atomic E-state index is 12.0. The Morgan fingerprint density at radius 2 is 1.50 bits per heavy atom. The molecular weight excluding hydrogens is 481 g/mol. The Balaban J connectivity index is 2.18. The summed E-state index contributed by atoms with van der Waals surface area (Å²) in [6.45, 7) is 24.0. The second kappa shape index (κ2) is 12.9. The molecule has 2 unspecified atom stereocenters. The maximum absolute atomic E-state index is 12.0. The molecule has 0 saturated carbocycles. The normalized spacial score (nSPS) is 17.3. The third-order valence-electron chi connectivity index (χ3n) is 8.59. The number of aromatic hydroxyl groups is 1. The van der Waals surface area contributed by atoms with E-state index < -0.39 is 0 Å². The molecule has 1 aliphatic rings. The first-order chi connectivity index (χ1) is 17.8. The summed E-state index contributed by atoms with van der Waals surface area (Å²) in [5.41, 5.74) is 6.39. The number of phenols is 1. The van der Waals surface area contributed by atoms with Gasteiger partial charge in [0.2, 0.25) is 0 Å². The van der Waals surface area contributed by atoms with Crippen LogP contribution < -0.4 is 5.30 Å². The lowest BCUT2D eigenvalue weighted by atomic mass is 9.76. The van der Waals surface area contributed by atoms with Gasteiger partial charge in [-0.3, -0.25) is 4.90 Å². The first-order valence-electron chi connectivity index (χ1n) is 15.3. The van der Waals surface area contributed by atoms with E-state index in [2.05, 4.69) is 97.5 Å². The minimum absolute atomic E-state index is 0.0255. The monoisotopic (exact) mass is 537 g/mol. The van der Waals surface area contributed by atoms with E-state index in [0.29, 0.717) is 14.3 Å². The summed E-state index contributed by atoms with van der Waals surface area (Å²) in [6.07, 6.45) is 9.84. The van der Waals surface area contributed by atoms with Crippen molar-refractivity contribution in [2.75, 3.05) is 13.1 Å². The van der Waals surface area contributed by atoms with Crippen LogP contribution in [0.25, 0.3) is 0 Å². The van der Waals surface area contributed by atoms with Gasteiger partial charge in [-0.05, 0) is 78.5 Å². The molecule has 3 heteroatoms. The zero-order valence-electron chi connectivity index (χ0n) is 26.1. The Morgan fingerprint density at radius 1 is 0.842 bits per heavy atom. The number of aryl methyl sites for hydroxylation is 1. The maximum Gasteiger partial charge on any atom is 0.123 e. The van der Waals surface area contributed by atoms with Crippen molar-refractivity contribution in [3.05, 3.63) is 58.1 Å². The molecular formula is C35H56NOP. The molecule has 0 aliphatic carbocycles. The lowest BCUT2D eigenvalue weighted by Crippen LogP contribution is -2.32. The van der Waals surface area contributed by atoms with E-state index in [1.54, 1.807) is 0 Å². The summed E-state index contributed by atoms with van der Waals surface area (Å²) in [7, 11) is 0.640. The van der Waals surface area contributed by atoms with Crippen molar-refractivity contribution >= 4 is 13.9 Å². The number of piperidine rings is 1. The second-order valence-electron chi connectivity index (χ2n) is 13.9. The fourth-order valence-corrected chi connectivity index (χ4v) is 7.79. The van der Waals surface area contributed by atoms with E-state index in [-0.39, 0.29) is 16.0 Å². The Hall–Kier alpha value is -1.37. The molecule has 3 rings (SSSR count). The molecule has 2 atom stereocenters. The van der Waals surface area contributed by atoms with Crippen LogP contribution in [0.4, 0.5) is 0 Å². The van der Waals surface area contributed by atoms with Gasteiger partial charge in [-0.2, -0.15) is 0 Å². The standard InChI is InChI=1S/C35H56NOP/c1-10-12-14-19-35(11-2,30-24-28(33(4,5)6)23-29(32(30)37)34(7,8)9)38-31-18-17-26(3)22-27(31)25-36-20-15-13-16-21-36/h17-18,22-24,37-38H,10-16,19-21,25H2,1-9H3. The van der Waals surface area contributed by atoms with Crippen molar-refractivity contribution in [3.63, 3.8) is 0 Å². The number of phenolic OH excluding ortho intramolecular Hbond substituents is 1. The van der Waals surface area contributed by atoms with Crippen molar-refractivity contribution in [1.29, 1.82) is 0 Å². The molecule has 212 valence electrons. The van der Waals surface area contributed by atoms with Gasteiger partial charge in [0.1, 0.15) is 5.75 Å². The third kappa shape index (κ3) is 7.63. The number of unbranched alkanes of at least 4 members (excludes halogenated alkanes) is 2. The van der Waals surface area contributed by atoms with Crippen LogP contribution in [-0.4, -0.2) is 23.1 Å². The lowest BCUT2D eigenvalue weighted by Gasteiger charge is -2.38. The Morgan fingerprint density at radius 3 is 2.08 bits per heavy atom. The van der Waals surface area contributed by atoms with E-state index in [1.807, 2.05) is 0 Å². The van der Waals surface area contributed by atoms with E-state index in [0.717, 1.165) is 24.9 Å². The van der Waals surface area contributed by atoms with Gasteiger partial charge in [0.15, 0.2) is 0 Å². The van der Waals surface area contributed by atoms with E-state index in [4.69, 9.17) is 0 Å². The number of benzene rings is 2. The van der Waals surface area contributed by atoms with Gasteiger partial charge in [-0.15, -0.1) is 0 Å². The predicted molar refractivity (Wildman–Crippen MR) is 170 cm³/mol. The van der Waals surface area contributed by atoms with Crippen molar-refractivity contribution in [3.8, 4) is 5.75 Å². The average molecular weight is 538 g/mol. The summed E-state index contributed by atoms with van der Waals surface area (Å²) in [6, 6.07) is 11.8.